The summed E-state index contributed by atoms with van der Waals surface area (Å²) < 4.78 is 3.05. The van der Waals surface area contributed by atoms with Gasteiger partial charge in [-0.15, -0.1) is 0 Å². The molecule has 6 heteroatoms. The second-order valence-corrected chi connectivity index (χ2v) is 5.68. The number of aryl methyl sites for hydroxylation is 2. The van der Waals surface area contributed by atoms with Crippen LogP contribution in [0.2, 0.25) is 0 Å². The first-order valence-corrected chi connectivity index (χ1v) is 7.62. The van der Waals surface area contributed by atoms with Crippen LogP contribution >= 0.6 is 0 Å². The number of aromatic nitrogens is 3. The van der Waals surface area contributed by atoms with Crippen molar-refractivity contribution in [3.05, 3.63) is 75.3 Å². The normalized spacial score (nSPS) is 11.3. The molecule has 0 saturated carbocycles. The average Bonchev–Trinajstić information content (AvgIpc) is 2.82. The molecule has 2 heterocycles. The van der Waals surface area contributed by atoms with Gasteiger partial charge in [0.15, 0.2) is 0 Å². The van der Waals surface area contributed by atoms with E-state index in [0.29, 0.717) is 5.82 Å². The Morgan fingerprint density at radius 2 is 1.83 bits per heavy atom. The van der Waals surface area contributed by atoms with Gasteiger partial charge in [-0.25, -0.2) is 4.68 Å². The third-order valence-electron chi connectivity index (χ3n) is 3.83. The number of rotatable bonds is 3. The van der Waals surface area contributed by atoms with Crippen LogP contribution in [0.25, 0.3) is 5.69 Å². The number of para-hydroxylation sites is 1. The van der Waals surface area contributed by atoms with Crippen molar-refractivity contribution >= 4 is 12.0 Å². The lowest BCUT2D eigenvalue weighted by Crippen LogP contribution is -2.19. The van der Waals surface area contributed by atoms with Crippen molar-refractivity contribution in [2.45, 2.75) is 20.8 Å². The number of benzene rings is 1. The van der Waals surface area contributed by atoms with Crippen LogP contribution in [0.15, 0.2) is 52.4 Å². The van der Waals surface area contributed by atoms with Crippen LogP contribution in [0.1, 0.15) is 22.5 Å². The fourth-order valence-corrected chi connectivity index (χ4v) is 2.62. The molecule has 1 aromatic carbocycles. The molecule has 0 aliphatic carbocycles. The van der Waals surface area contributed by atoms with E-state index >= 15 is 0 Å². The molecule has 0 saturated heterocycles. The van der Waals surface area contributed by atoms with E-state index in [2.05, 4.69) is 10.2 Å². The number of nitrogens with zero attached hydrogens (tertiary/aromatic N) is 4. The van der Waals surface area contributed by atoms with E-state index in [1.807, 2.05) is 55.8 Å². The summed E-state index contributed by atoms with van der Waals surface area (Å²) in [5.74, 6) is 0.307. The van der Waals surface area contributed by atoms with E-state index < -0.39 is 0 Å². The predicted molar refractivity (Wildman–Crippen MR) is 95.9 cm³/mol. The van der Waals surface area contributed by atoms with Gasteiger partial charge in [-0.2, -0.15) is 14.9 Å². The standard InChI is InChI=1S/C18H19N5O/c1-12-9-17(19)23(18(24)10-12)20-11-16-13(2)21-22(14(16)3)15-7-5-4-6-8-15/h4-11H,19H2,1-3H3. The monoisotopic (exact) mass is 321 g/mol. The van der Waals surface area contributed by atoms with Crippen molar-refractivity contribution in [2.75, 3.05) is 5.73 Å². The van der Waals surface area contributed by atoms with E-state index in [1.165, 1.54) is 10.7 Å². The highest BCUT2D eigenvalue weighted by atomic mass is 16.1. The second kappa shape index (κ2) is 6.16. The first-order valence-electron chi connectivity index (χ1n) is 7.62. The van der Waals surface area contributed by atoms with Crippen LogP contribution in [0.4, 0.5) is 5.82 Å². The summed E-state index contributed by atoms with van der Waals surface area (Å²) >= 11 is 0. The smallest absolute Gasteiger partial charge is 0.273 e. The van der Waals surface area contributed by atoms with Gasteiger partial charge in [-0.05, 0) is 44.5 Å². The highest BCUT2D eigenvalue weighted by Gasteiger charge is 2.11. The first kappa shape index (κ1) is 15.7. The number of hydrogen-bond donors (Lipinski definition) is 1. The SMILES string of the molecule is Cc1cc(N)n(N=Cc2c(C)nn(-c3ccccc3)c2C)c(=O)c1. The molecule has 0 amide bonds. The number of nitrogen functional groups attached to an aromatic ring is 1. The summed E-state index contributed by atoms with van der Waals surface area (Å²) in [5.41, 5.74) is 10.1. The maximum absolute atomic E-state index is 12.0. The molecule has 0 fully saturated rings. The van der Waals surface area contributed by atoms with Crippen LogP contribution in [-0.4, -0.2) is 20.7 Å². The van der Waals surface area contributed by atoms with Gasteiger partial charge in [-0.1, -0.05) is 18.2 Å². The van der Waals surface area contributed by atoms with E-state index in [-0.39, 0.29) is 5.56 Å². The molecule has 0 aliphatic heterocycles. The minimum Gasteiger partial charge on any atom is -0.384 e. The Hall–Kier alpha value is -3.15. The molecule has 0 unspecified atom stereocenters. The van der Waals surface area contributed by atoms with Gasteiger partial charge in [0.2, 0.25) is 0 Å². The molecule has 3 aromatic rings. The Balaban J connectivity index is 2.03. The van der Waals surface area contributed by atoms with Gasteiger partial charge in [0.1, 0.15) is 5.82 Å². The Labute approximate surface area is 139 Å². The minimum atomic E-state index is -0.255. The van der Waals surface area contributed by atoms with Crippen LogP contribution in [-0.2, 0) is 0 Å². The third-order valence-corrected chi connectivity index (χ3v) is 3.83. The molecule has 24 heavy (non-hydrogen) atoms. The minimum absolute atomic E-state index is 0.255. The Morgan fingerprint density at radius 3 is 2.50 bits per heavy atom. The maximum atomic E-state index is 12.0. The molecule has 2 aromatic heterocycles. The van der Waals surface area contributed by atoms with E-state index in [4.69, 9.17) is 5.73 Å². The zero-order chi connectivity index (χ0) is 17.3. The fraction of sp³-hybridized carbons (Fsp3) is 0.167. The molecule has 6 nitrogen and oxygen atoms in total. The third kappa shape index (κ3) is 2.86. The van der Waals surface area contributed by atoms with Gasteiger partial charge >= 0.3 is 0 Å². The van der Waals surface area contributed by atoms with Crippen LogP contribution in [0.3, 0.4) is 0 Å². The summed E-state index contributed by atoms with van der Waals surface area (Å²) in [6.45, 7) is 5.70. The number of nitrogens with two attached hydrogens (primary N) is 1. The van der Waals surface area contributed by atoms with Crippen molar-refractivity contribution in [2.24, 2.45) is 5.10 Å². The number of anilines is 1. The molecule has 0 atom stereocenters. The second-order valence-electron chi connectivity index (χ2n) is 5.68. The van der Waals surface area contributed by atoms with Crippen molar-refractivity contribution in [1.82, 2.24) is 14.5 Å². The zero-order valence-corrected chi connectivity index (χ0v) is 13.9. The summed E-state index contributed by atoms with van der Waals surface area (Å²) in [6, 6.07) is 13.1. The molecule has 122 valence electrons. The molecule has 0 bridgehead atoms. The first-order chi connectivity index (χ1) is 11.5. The molecular formula is C18H19N5O. The van der Waals surface area contributed by atoms with E-state index in [0.717, 1.165) is 28.2 Å². The molecule has 3 rings (SSSR count). The Morgan fingerprint density at radius 1 is 1.12 bits per heavy atom. The van der Waals surface area contributed by atoms with Crippen molar-refractivity contribution in [3.63, 3.8) is 0 Å². The summed E-state index contributed by atoms with van der Waals surface area (Å²) in [6.07, 6.45) is 1.63. The molecule has 0 aliphatic rings. The Bertz CT molecular complexity index is 967. The lowest BCUT2D eigenvalue weighted by Gasteiger charge is -2.04. The lowest BCUT2D eigenvalue weighted by molar-refractivity contribution is 0.833. The van der Waals surface area contributed by atoms with Gasteiger partial charge < -0.3 is 5.73 Å². The largest absolute Gasteiger partial charge is 0.384 e. The number of pyridine rings is 1. The zero-order valence-electron chi connectivity index (χ0n) is 13.9. The highest BCUT2D eigenvalue weighted by molar-refractivity contribution is 5.82. The van der Waals surface area contributed by atoms with Crippen LogP contribution < -0.4 is 11.3 Å². The molecular weight excluding hydrogens is 302 g/mol. The predicted octanol–water partition coefficient (Wildman–Crippen LogP) is 2.42. The number of hydrogen-bond acceptors (Lipinski definition) is 4. The van der Waals surface area contributed by atoms with Crippen LogP contribution in [0, 0.1) is 20.8 Å². The molecule has 0 spiro atoms. The quantitative estimate of drug-likeness (QED) is 0.753. The lowest BCUT2D eigenvalue weighted by atomic mass is 10.2. The average molecular weight is 321 g/mol. The fourth-order valence-electron chi connectivity index (χ4n) is 2.62. The van der Waals surface area contributed by atoms with Crippen molar-refractivity contribution in [3.8, 4) is 5.69 Å². The van der Waals surface area contributed by atoms with Crippen molar-refractivity contribution < 1.29 is 0 Å². The summed E-state index contributed by atoms with van der Waals surface area (Å²) in [7, 11) is 0. The van der Waals surface area contributed by atoms with Gasteiger partial charge in [-0.3, -0.25) is 4.79 Å². The van der Waals surface area contributed by atoms with Gasteiger partial charge in [0.05, 0.1) is 23.3 Å². The van der Waals surface area contributed by atoms with Gasteiger partial charge in [0, 0.05) is 11.6 Å². The molecule has 2 N–H and O–H groups in total. The van der Waals surface area contributed by atoms with Crippen molar-refractivity contribution in [1.29, 1.82) is 0 Å². The molecule has 0 radical (unpaired) electrons. The van der Waals surface area contributed by atoms with Gasteiger partial charge in [0.25, 0.3) is 5.56 Å². The van der Waals surface area contributed by atoms with Crippen LogP contribution in [0.5, 0.6) is 0 Å². The maximum Gasteiger partial charge on any atom is 0.273 e. The Kier molecular flexibility index (Phi) is 4.04. The van der Waals surface area contributed by atoms with E-state index in [1.54, 1.807) is 12.3 Å². The topological polar surface area (TPSA) is 78.2 Å². The van der Waals surface area contributed by atoms with E-state index in [9.17, 15) is 4.79 Å². The summed E-state index contributed by atoms with van der Waals surface area (Å²) in [5, 5.41) is 8.80. The highest BCUT2D eigenvalue weighted by Crippen LogP contribution is 2.16. The summed E-state index contributed by atoms with van der Waals surface area (Å²) in [4.78, 5) is 12.0.